The van der Waals surface area contributed by atoms with Gasteiger partial charge in [0.15, 0.2) is 0 Å². The van der Waals surface area contributed by atoms with Gasteiger partial charge in [-0.05, 0) is 47.9 Å². The number of rotatable bonds is 2. The van der Waals surface area contributed by atoms with Crippen molar-refractivity contribution in [3.63, 3.8) is 0 Å². The predicted octanol–water partition coefficient (Wildman–Crippen LogP) is 9.59. The maximum absolute atomic E-state index is 8.28. The Morgan fingerprint density at radius 1 is 0.660 bits per heavy atom. The van der Waals surface area contributed by atoms with E-state index < -0.39 is 15.0 Å². The molecule has 0 saturated carbocycles. The van der Waals surface area contributed by atoms with Crippen molar-refractivity contribution in [2.75, 3.05) is 16.8 Å². The second-order valence-corrected chi connectivity index (χ2v) is 18.7. The quantitative estimate of drug-likeness (QED) is 0.128. The molecule has 0 saturated heterocycles. The number of ether oxygens (including phenoxy) is 1. The number of pyridine rings is 1. The Morgan fingerprint density at radius 2 is 1.38 bits per heavy atom. The maximum Gasteiger partial charge on any atom is 0.143 e. The third-order valence-corrected chi connectivity index (χ3v) is 14.8. The Morgan fingerprint density at radius 3 is 2.26 bits per heavy atom. The molecule has 2 aliphatic heterocycles. The monoisotopic (exact) mass is 882 g/mol. The van der Waals surface area contributed by atoms with Gasteiger partial charge in [0.1, 0.15) is 5.65 Å². The third kappa shape index (κ3) is 3.93. The van der Waals surface area contributed by atoms with E-state index in [9.17, 15) is 0 Å². The Hall–Kier alpha value is -5.62. The number of hydrogen-bond donors (Lipinski definition) is 0. The molecule has 6 heterocycles. The van der Waals surface area contributed by atoms with E-state index >= 15 is 0 Å². The number of benzene rings is 6. The molecule has 0 atom stereocenters. The van der Waals surface area contributed by atoms with E-state index in [4.69, 9.17) is 13.8 Å². The molecular weight excluding hydrogens is 850 g/mol. The summed E-state index contributed by atoms with van der Waals surface area (Å²) in [4.78, 5) is 8.43. The van der Waals surface area contributed by atoms with Crippen molar-refractivity contribution in [3.05, 3.63) is 140 Å². The van der Waals surface area contributed by atoms with Crippen LogP contribution in [0.1, 0.15) is 4.11 Å². The van der Waals surface area contributed by atoms with Crippen molar-refractivity contribution in [1.82, 2.24) is 13.8 Å². The molecule has 6 aromatic carbocycles. The molecule has 258 valence electrons. The molecule has 2 aliphatic rings. The number of nitrogens with zero attached hydrogens (tertiary/aromatic N) is 5. The minimum atomic E-state index is -2.33. The van der Waals surface area contributed by atoms with Crippen LogP contribution in [0.15, 0.2) is 121 Å². The van der Waals surface area contributed by atoms with Gasteiger partial charge in [0.25, 0.3) is 0 Å². The third-order valence-electron chi connectivity index (χ3n) is 11.3. The molecule has 0 N–H and O–H groups in total. The number of para-hydroxylation sites is 4. The Bertz CT molecular complexity index is 3340. The van der Waals surface area contributed by atoms with E-state index in [-0.39, 0.29) is 21.1 Å². The van der Waals surface area contributed by atoms with Crippen LogP contribution in [0.3, 0.4) is 0 Å². The van der Waals surface area contributed by atoms with Gasteiger partial charge in [-0.1, -0.05) is 85.0 Å². The predicted molar refractivity (Wildman–Crippen MR) is 216 cm³/mol. The number of aromatic nitrogens is 3. The zero-order valence-electron chi connectivity index (χ0n) is 31.6. The van der Waals surface area contributed by atoms with E-state index in [1.165, 1.54) is 26.0 Å². The van der Waals surface area contributed by atoms with Gasteiger partial charge < -0.3 is 23.3 Å². The molecule has 8 heteroatoms. The summed E-state index contributed by atoms with van der Waals surface area (Å²) in [6.07, 6.45) is 1.86. The van der Waals surface area contributed by atoms with Crippen LogP contribution in [0.4, 0.5) is 17.1 Å². The first-order valence-corrected chi connectivity index (χ1v) is 20.5. The molecular formula is C45H30N5OPtSi-3. The van der Waals surface area contributed by atoms with Crippen molar-refractivity contribution in [2.45, 2.75) is 13.1 Å². The first-order valence-electron chi connectivity index (χ1n) is 19.0. The van der Waals surface area contributed by atoms with Gasteiger partial charge >= 0.3 is 0 Å². The van der Waals surface area contributed by atoms with Crippen molar-refractivity contribution >= 4 is 101 Å². The fourth-order valence-corrected chi connectivity index (χ4v) is 12.0. The fraction of sp³-hybridized carbons (Fsp3) is 0.0667. The van der Waals surface area contributed by atoms with Crippen LogP contribution in [-0.4, -0.2) is 28.8 Å². The summed E-state index contributed by atoms with van der Waals surface area (Å²) in [5.74, 6) is 1.07. The van der Waals surface area contributed by atoms with Gasteiger partial charge in [0, 0.05) is 75.8 Å². The van der Waals surface area contributed by atoms with Crippen LogP contribution in [0.25, 0.3) is 65.5 Å². The Kier molecular flexibility index (Phi) is 5.65. The normalized spacial score (nSPS) is 15.6. The van der Waals surface area contributed by atoms with Crippen molar-refractivity contribution in [3.8, 4) is 11.5 Å². The van der Waals surface area contributed by atoms with Gasteiger partial charge in [-0.15, -0.1) is 34.8 Å². The number of anilines is 3. The smallest absolute Gasteiger partial charge is 0.143 e. The van der Waals surface area contributed by atoms with E-state index in [0.717, 1.165) is 66.2 Å². The minimum absolute atomic E-state index is 0. The minimum Gasteiger partial charge on any atom is -0.509 e. The molecule has 0 radical (unpaired) electrons. The van der Waals surface area contributed by atoms with Crippen molar-refractivity contribution in [1.29, 1.82) is 0 Å². The number of hydrogen-bond acceptors (Lipinski definition) is 4. The molecule has 53 heavy (non-hydrogen) atoms. The summed E-state index contributed by atoms with van der Waals surface area (Å²) in [5, 5.41) is 9.08. The standard InChI is InChI=1S/C45H30N5OSi.Pt/c1-47-26-48-39-25-28(20-22-40(39)52(2,3)41-18-8-16-36(47)44(41)48)51-27-19-21-30-32-13-7-17-37-43(32)50(38(30)24-27)45-34(14-9-23-46-45)33-12-6-11-31-29-10-4-5-15-35(29)49(37)42(31)33;/h4-23,26H,1-3H3;/q-3;/i1D3;. The van der Waals surface area contributed by atoms with Crippen molar-refractivity contribution in [2.24, 2.45) is 0 Å². The molecule has 4 aromatic heterocycles. The van der Waals surface area contributed by atoms with E-state index in [0.29, 0.717) is 17.2 Å². The molecule has 10 aromatic rings. The summed E-state index contributed by atoms with van der Waals surface area (Å²) in [5.41, 5.74) is 8.56. The van der Waals surface area contributed by atoms with Crippen LogP contribution in [0, 0.1) is 18.8 Å². The molecule has 0 aliphatic carbocycles. The van der Waals surface area contributed by atoms with E-state index in [2.05, 4.69) is 119 Å². The van der Waals surface area contributed by atoms with Crippen LogP contribution < -0.4 is 24.9 Å². The molecule has 0 bridgehead atoms. The average molecular weight is 883 g/mol. The SMILES string of the molecule is [2H]C([2H])([2H])N1[CH-]N2c3[c-]c(Oc4[c-]c5c(cc4)c4cccc6c4n5c4ncccc4c4cccc5c7ccccc7n6c54)ccc3[Si](C)(C)c3cccc1c32.[Pt]. The second kappa shape index (κ2) is 10.7. The van der Waals surface area contributed by atoms with Crippen LogP contribution >= 0.6 is 0 Å². The van der Waals surface area contributed by atoms with E-state index in [1.54, 1.807) is 6.67 Å². The zero-order valence-corrected chi connectivity index (χ0v) is 31.9. The average Bonchev–Trinajstić information content (AvgIpc) is 3.85. The summed E-state index contributed by atoms with van der Waals surface area (Å²) >= 11 is 0. The summed E-state index contributed by atoms with van der Waals surface area (Å²) < 4.78 is 36.1. The molecule has 12 rings (SSSR count). The van der Waals surface area contributed by atoms with E-state index in [1.807, 2.05) is 41.4 Å². The Labute approximate surface area is 324 Å². The maximum atomic E-state index is 8.28. The second-order valence-electron chi connectivity index (χ2n) is 14.4. The fourth-order valence-electron chi connectivity index (χ4n) is 9.05. The van der Waals surface area contributed by atoms with Gasteiger partial charge in [-0.2, -0.15) is 18.8 Å². The molecule has 0 amide bonds. The van der Waals surface area contributed by atoms with Crippen LogP contribution in [0.5, 0.6) is 11.5 Å². The van der Waals surface area contributed by atoms with Gasteiger partial charge in [0.05, 0.1) is 30.1 Å². The van der Waals surface area contributed by atoms with Gasteiger partial charge in [-0.3, -0.25) is 0 Å². The summed E-state index contributed by atoms with van der Waals surface area (Å²) in [7, 11) is -2.21. The molecule has 0 spiro atoms. The summed E-state index contributed by atoms with van der Waals surface area (Å²) in [6.45, 7) is 3.97. The van der Waals surface area contributed by atoms with Gasteiger partial charge in [-0.25, -0.2) is 4.98 Å². The van der Waals surface area contributed by atoms with Crippen molar-refractivity contribution < 1.29 is 29.9 Å². The van der Waals surface area contributed by atoms with Gasteiger partial charge in [0.2, 0.25) is 0 Å². The topological polar surface area (TPSA) is 37.4 Å². The number of fused-ring (bicyclic) bond motifs is 12. The molecule has 0 unspecified atom stereocenters. The molecule has 0 fully saturated rings. The van der Waals surface area contributed by atoms with Crippen LogP contribution in [-0.2, 0) is 21.1 Å². The van der Waals surface area contributed by atoms with Crippen LogP contribution in [0.2, 0.25) is 13.1 Å². The largest absolute Gasteiger partial charge is 0.509 e. The summed E-state index contributed by atoms with van der Waals surface area (Å²) in [6, 6.07) is 47.2. The first kappa shape index (κ1) is 28.0. The first-order chi connectivity index (χ1) is 26.7. The molecule has 6 nitrogen and oxygen atoms in total. The zero-order chi connectivity index (χ0) is 37.0. The Balaban J connectivity index is 0.00000363.